The summed E-state index contributed by atoms with van der Waals surface area (Å²) in [7, 11) is 2.78. The summed E-state index contributed by atoms with van der Waals surface area (Å²) < 4.78 is 22.5. The molecule has 1 heterocycles. The third-order valence-electron chi connectivity index (χ3n) is 5.75. The van der Waals surface area contributed by atoms with Crippen LogP contribution < -0.4 is 0 Å². The molecule has 0 aromatic heterocycles. The van der Waals surface area contributed by atoms with E-state index in [1.54, 1.807) is 0 Å². The van der Waals surface area contributed by atoms with Gasteiger partial charge in [0.15, 0.2) is 0 Å². The second-order valence-electron chi connectivity index (χ2n) is 7.45. The third kappa shape index (κ3) is 4.88. The highest BCUT2D eigenvalue weighted by Gasteiger charge is 2.52. The minimum Gasteiger partial charge on any atom is -0.465 e. The van der Waals surface area contributed by atoms with Crippen molar-refractivity contribution in [2.75, 3.05) is 20.8 Å². The Morgan fingerprint density at radius 3 is 2.52 bits per heavy atom. The molecule has 0 amide bonds. The molecular formula is C21H32O6. The molecule has 1 aromatic rings. The molecule has 0 bridgehead atoms. The zero-order valence-electron chi connectivity index (χ0n) is 16.9. The SMILES string of the molecule is COC(=O)C1(OC)C[C@@H](C)[C@@H](C)C([C@H](C)[C@@H](CO)OCc2ccccc2)O1. The molecule has 27 heavy (non-hydrogen) atoms. The molecule has 2 rings (SSSR count). The number of carbonyl (C=O) groups excluding carboxylic acids is 1. The van der Waals surface area contributed by atoms with Crippen molar-refractivity contribution in [2.45, 2.75) is 51.8 Å². The maximum absolute atomic E-state index is 12.3. The molecule has 1 aliphatic heterocycles. The van der Waals surface area contributed by atoms with E-state index >= 15 is 0 Å². The molecule has 6 nitrogen and oxygen atoms in total. The molecule has 1 N–H and O–H groups in total. The lowest BCUT2D eigenvalue weighted by molar-refractivity contribution is -0.299. The van der Waals surface area contributed by atoms with Gasteiger partial charge in [0, 0.05) is 19.4 Å². The first-order valence-corrected chi connectivity index (χ1v) is 9.46. The van der Waals surface area contributed by atoms with Crippen LogP contribution in [0.4, 0.5) is 0 Å². The molecule has 0 saturated carbocycles. The lowest BCUT2D eigenvalue weighted by Gasteiger charge is -2.47. The van der Waals surface area contributed by atoms with Crippen LogP contribution in [0.3, 0.4) is 0 Å². The van der Waals surface area contributed by atoms with Crippen molar-refractivity contribution in [3.63, 3.8) is 0 Å². The fraction of sp³-hybridized carbons (Fsp3) is 0.667. The van der Waals surface area contributed by atoms with Gasteiger partial charge in [-0.15, -0.1) is 0 Å². The van der Waals surface area contributed by atoms with E-state index in [4.69, 9.17) is 18.9 Å². The average Bonchev–Trinajstić information content (AvgIpc) is 2.70. The maximum atomic E-state index is 12.3. The number of hydrogen-bond donors (Lipinski definition) is 1. The highest BCUT2D eigenvalue weighted by atomic mass is 16.7. The number of aliphatic hydroxyl groups excluding tert-OH is 1. The van der Waals surface area contributed by atoms with Gasteiger partial charge in [-0.25, -0.2) is 4.79 Å². The van der Waals surface area contributed by atoms with E-state index < -0.39 is 17.9 Å². The zero-order valence-corrected chi connectivity index (χ0v) is 16.9. The molecule has 6 atom stereocenters. The first-order valence-electron chi connectivity index (χ1n) is 9.46. The van der Waals surface area contributed by atoms with Crippen LogP contribution in [0.1, 0.15) is 32.8 Å². The molecule has 1 aliphatic rings. The Bertz CT molecular complexity index is 592. The molecule has 6 heteroatoms. The number of benzene rings is 1. The van der Waals surface area contributed by atoms with Gasteiger partial charge >= 0.3 is 5.97 Å². The van der Waals surface area contributed by atoms with Crippen molar-refractivity contribution < 1.29 is 28.8 Å². The summed E-state index contributed by atoms with van der Waals surface area (Å²) in [6.45, 7) is 6.41. The number of esters is 1. The van der Waals surface area contributed by atoms with Gasteiger partial charge in [0.1, 0.15) is 0 Å². The topological polar surface area (TPSA) is 74.2 Å². The number of methoxy groups -OCH3 is 2. The predicted molar refractivity (Wildman–Crippen MR) is 101 cm³/mol. The van der Waals surface area contributed by atoms with Gasteiger partial charge in [0.2, 0.25) is 0 Å². The van der Waals surface area contributed by atoms with Gasteiger partial charge in [0.05, 0.1) is 32.5 Å². The molecule has 2 unspecified atom stereocenters. The van der Waals surface area contributed by atoms with Crippen molar-refractivity contribution in [3.8, 4) is 0 Å². The second kappa shape index (κ2) is 9.64. The molecule has 1 fully saturated rings. The Balaban J connectivity index is 2.14. The lowest BCUT2D eigenvalue weighted by atomic mass is 9.76. The molecule has 0 spiro atoms. The minimum absolute atomic E-state index is 0.132. The summed E-state index contributed by atoms with van der Waals surface area (Å²) in [4.78, 5) is 12.3. The van der Waals surface area contributed by atoms with E-state index in [2.05, 4.69) is 13.8 Å². The number of hydrogen-bond acceptors (Lipinski definition) is 6. The highest BCUT2D eigenvalue weighted by molar-refractivity contribution is 5.78. The number of carbonyl (C=O) groups is 1. The standard InChI is InChI=1S/C21H32O6/c1-14-11-21(25-5,20(23)24-4)27-19(15(14)2)16(3)18(12-22)26-13-17-9-7-6-8-10-17/h6-10,14-16,18-19,22H,11-13H2,1-5H3/t14-,15-,16-,18-,19?,21?/m1/s1. The number of ether oxygens (including phenoxy) is 4. The normalized spacial score (nSPS) is 30.5. The Labute approximate surface area is 161 Å². The molecule has 0 radical (unpaired) electrons. The van der Waals surface area contributed by atoms with Crippen LogP contribution in [0, 0.1) is 17.8 Å². The second-order valence-corrected chi connectivity index (χ2v) is 7.45. The van der Waals surface area contributed by atoms with Gasteiger partial charge in [0.25, 0.3) is 5.79 Å². The van der Waals surface area contributed by atoms with E-state index in [1.165, 1.54) is 14.2 Å². The average molecular weight is 380 g/mol. The third-order valence-corrected chi connectivity index (χ3v) is 5.75. The zero-order chi connectivity index (χ0) is 20.0. The molecule has 152 valence electrons. The lowest BCUT2D eigenvalue weighted by Crippen LogP contribution is -2.57. The number of aliphatic hydroxyl groups is 1. The van der Waals surface area contributed by atoms with Gasteiger partial charge in [-0.1, -0.05) is 51.1 Å². The highest BCUT2D eigenvalue weighted by Crippen LogP contribution is 2.41. The minimum atomic E-state index is -1.42. The Morgan fingerprint density at radius 2 is 1.96 bits per heavy atom. The fourth-order valence-electron chi connectivity index (χ4n) is 3.76. The van der Waals surface area contributed by atoms with E-state index in [1.807, 2.05) is 37.3 Å². The van der Waals surface area contributed by atoms with Crippen LogP contribution in [-0.2, 0) is 30.3 Å². The first-order chi connectivity index (χ1) is 12.9. The summed E-state index contributed by atoms with van der Waals surface area (Å²) in [5, 5.41) is 9.90. The van der Waals surface area contributed by atoms with Gasteiger partial charge in [-0.05, 0) is 17.4 Å². The van der Waals surface area contributed by atoms with Crippen LogP contribution >= 0.6 is 0 Å². The summed E-state index contributed by atoms with van der Waals surface area (Å²) >= 11 is 0. The summed E-state index contributed by atoms with van der Waals surface area (Å²) in [6, 6.07) is 9.81. The Kier molecular flexibility index (Phi) is 7.79. The summed E-state index contributed by atoms with van der Waals surface area (Å²) in [6.07, 6.45) is -0.314. The molecule has 0 aliphatic carbocycles. The van der Waals surface area contributed by atoms with E-state index in [0.29, 0.717) is 13.0 Å². The van der Waals surface area contributed by atoms with E-state index in [9.17, 15) is 9.90 Å². The van der Waals surface area contributed by atoms with Crippen LogP contribution in [0.2, 0.25) is 0 Å². The van der Waals surface area contributed by atoms with Crippen LogP contribution in [0.5, 0.6) is 0 Å². The monoisotopic (exact) mass is 380 g/mol. The quantitative estimate of drug-likeness (QED) is 0.699. The van der Waals surface area contributed by atoms with Crippen molar-refractivity contribution in [3.05, 3.63) is 35.9 Å². The van der Waals surface area contributed by atoms with E-state index in [-0.39, 0.29) is 30.5 Å². The van der Waals surface area contributed by atoms with Crippen molar-refractivity contribution in [1.82, 2.24) is 0 Å². The van der Waals surface area contributed by atoms with Gasteiger partial charge in [-0.2, -0.15) is 0 Å². The van der Waals surface area contributed by atoms with Gasteiger partial charge in [-0.3, -0.25) is 0 Å². The summed E-state index contributed by atoms with van der Waals surface area (Å²) in [5.74, 6) is -1.75. The van der Waals surface area contributed by atoms with Crippen molar-refractivity contribution in [2.24, 2.45) is 17.8 Å². The first kappa shape index (κ1) is 21.8. The fourth-order valence-corrected chi connectivity index (χ4v) is 3.76. The smallest absolute Gasteiger partial charge is 0.366 e. The number of rotatable bonds is 8. The summed E-state index contributed by atoms with van der Waals surface area (Å²) in [5.41, 5.74) is 1.04. The largest absolute Gasteiger partial charge is 0.465 e. The molecular weight excluding hydrogens is 348 g/mol. The molecule has 1 aromatic carbocycles. The predicted octanol–water partition coefficient (Wildman–Crippen LogP) is 2.78. The van der Waals surface area contributed by atoms with Crippen LogP contribution in [0.15, 0.2) is 30.3 Å². The Hall–Kier alpha value is -1.47. The van der Waals surface area contributed by atoms with Crippen LogP contribution in [-0.4, -0.2) is 49.9 Å². The molecule has 1 saturated heterocycles. The Morgan fingerprint density at radius 1 is 1.30 bits per heavy atom. The van der Waals surface area contributed by atoms with Crippen molar-refractivity contribution >= 4 is 5.97 Å². The van der Waals surface area contributed by atoms with Crippen molar-refractivity contribution in [1.29, 1.82) is 0 Å². The van der Waals surface area contributed by atoms with Crippen LogP contribution in [0.25, 0.3) is 0 Å². The van der Waals surface area contributed by atoms with Gasteiger partial charge < -0.3 is 24.1 Å². The van der Waals surface area contributed by atoms with E-state index in [0.717, 1.165) is 5.56 Å². The maximum Gasteiger partial charge on any atom is 0.366 e.